The molecule has 3 nitrogen and oxygen atoms in total. The van der Waals surface area contributed by atoms with Crippen molar-refractivity contribution < 1.29 is 14.3 Å². The molecule has 0 aromatic heterocycles. The van der Waals surface area contributed by atoms with Gasteiger partial charge in [-0.15, -0.1) is 0 Å². The maximum Gasteiger partial charge on any atom is 0.330 e. The molecule has 2 aromatic rings. The van der Waals surface area contributed by atoms with Crippen molar-refractivity contribution >= 4 is 12.0 Å². The van der Waals surface area contributed by atoms with E-state index in [1.54, 1.807) is 13.0 Å². The summed E-state index contributed by atoms with van der Waals surface area (Å²) in [6, 6.07) is 16.0. The normalized spacial score (nSPS) is 10.7. The molecule has 120 valence electrons. The van der Waals surface area contributed by atoms with Crippen molar-refractivity contribution in [2.24, 2.45) is 0 Å². The van der Waals surface area contributed by atoms with Crippen LogP contribution in [0.2, 0.25) is 0 Å². The highest BCUT2D eigenvalue weighted by Crippen LogP contribution is 2.23. The van der Waals surface area contributed by atoms with Gasteiger partial charge in [-0.3, -0.25) is 0 Å². The van der Waals surface area contributed by atoms with Gasteiger partial charge in [0.05, 0.1) is 6.61 Å². The second-order valence-corrected chi connectivity index (χ2v) is 5.09. The third kappa shape index (κ3) is 5.29. The smallest absolute Gasteiger partial charge is 0.330 e. The monoisotopic (exact) mass is 310 g/mol. The van der Waals surface area contributed by atoms with E-state index in [-0.39, 0.29) is 5.97 Å². The van der Waals surface area contributed by atoms with E-state index >= 15 is 0 Å². The van der Waals surface area contributed by atoms with E-state index in [1.807, 2.05) is 48.5 Å². The summed E-state index contributed by atoms with van der Waals surface area (Å²) in [6.07, 6.45) is 4.10. The number of aryl methyl sites for hydroxylation is 1. The van der Waals surface area contributed by atoms with Gasteiger partial charge in [-0.2, -0.15) is 0 Å². The molecule has 0 saturated carbocycles. The fourth-order valence-electron chi connectivity index (χ4n) is 2.14. The molecule has 2 rings (SSSR count). The zero-order valence-corrected chi connectivity index (χ0v) is 13.6. The Balaban J connectivity index is 2.16. The number of hydrogen-bond donors (Lipinski definition) is 0. The fourth-order valence-corrected chi connectivity index (χ4v) is 2.14. The first-order valence-corrected chi connectivity index (χ1v) is 7.87. The van der Waals surface area contributed by atoms with Crippen molar-refractivity contribution in [1.29, 1.82) is 0 Å². The minimum Gasteiger partial charge on any atom is -0.488 e. The zero-order valence-electron chi connectivity index (χ0n) is 13.6. The van der Waals surface area contributed by atoms with Gasteiger partial charge in [0.25, 0.3) is 0 Å². The van der Waals surface area contributed by atoms with Crippen LogP contribution < -0.4 is 4.74 Å². The van der Waals surface area contributed by atoms with Crippen LogP contribution in [0.5, 0.6) is 5.75 Å². The lowest BCUT2D eigenvalue weighted by molar-refractivity contribution is -0.137. The third-order valence-electron chi connectivity index (χ3n) is 3.41. The number of esters is 1. The van der Waals surface area contributed by atoms with Crippen LogP contribution in [0.15, 0.2) is 54.6 Å². The zero-order chi connectivity index (χ0) is 16.5. The maximum atomic E-state index is 11.5. The molecule has 3 heteroatoms. The number of benzene rings is 2. The van der Waals surface area contributed by atoms with Crippen molar-refractivity contribution in [2.45, 2.75) is 26.9 Å². The van der Waals surface area contributed by atoms with E-state index < -0.39 is 0 Å². The lowest BCUT2D eigenvalue weighted by atomic mass is 10.1. The highest BCUT2D eigenvalue weighted by Gasteiger charge is 2.04. The average molecular weight is 310 g/mol. The van der Waals surface area contributed by atoms with Crippen LogP contribution in [0.4, 0.5) is 0 Å². The van der Waals surface area contributed by atoms with Gasteiger partial charge in [-0.25, -0.2) is 4.79 Å². The van der Waals surface area contributed by atoms with Crippen molar-refractivity contribution in [1.82, 2.24) is 0 Å². The molecular weight excluding hydrogens is 288 g/mol. The molecule has 23 heavy (non-hydrogen) atoms. The molecule has 0 aliphatic heterocycles. The van der Waals surface area contributed by atoms with Gasteiger partial charge in [0, 0.05) is 11.6 Å². The number of rotatable bonds is 7. The molecular formula is C20H22O3. The summed E-state index contributed by atoms with van der Waals surface area (Å²) in [5.41, 5.74) is 3.17. The Morgan fingerprint density at radius 1 is 1.04 bits per heavy atom. The highest BCUT2D eigenvalue weighted by atomic mass is 16.5. The van der Waals surface area contributed by atoms with Crippen molar-refractivity contribution in [2.75, 3.05) is 6.61 Å². The largest absolute Gasteiger partial charge is 0.488 e. The Labute approximate surface area is 137 Å². The molecule has 0 atom stereocenters. The lowest BCUT2D eigenvalue weighted by Gasteiger charge is -2.11. The van der Waals surface area contributed by atoms with Gasteiger partial charge in [0.2, 0.25) is 0 Å². The molecule has 0 heterocycles. The predicted octanol–water partition coefficient (Wildman–Crippen LogP) is 4.40. The van der Waals surface area contributed by atoms with Crippen LogP contribution in [0.25, 0.3) is 6.08 Å². The van der Waals surface area contributed by atoms with Crippen LogP contribution in [0, 0.1) is 0 Å². The van der Waals surface area contributed by atoms with E-state index in [0.29, 0.717) is 13.2 Å². The Kier molecular flexibility index (Phi) is 6.42. The van der Waals surface area contributed by atoms with Crippen LogP contribution in [0.3, 0.4) is 0 Å². The molecule has 0 aliphatic carbocycles. The van der Waals surface area contributed by atoms with Crippen LogP contribution >= 0.6 is 0 Å². The second-order valence-electron chi connectivity index (χ2n) is 5.09. The Hall–Kier alpha value is -2.55. The minimum atomic E-state index is -0.346. The number of carbonyl (C=O) groups is 1. The van der Waals surface area contributed by atoms with E-state index in [2.05, 4.69) is 6.92 Å². The third-order valence-corrected chi connectivity index (χ3v) is 3.41. The van der Waals surface area contributed by atoms with Crippen LogP contribution in [-0.2, 0) is 22.6 Å². The highest BCUT2D eigenvalue weighted by molar-refractivity contribution is 5.87. The van der Waals surface area contributed by atoms with Crippen molar-refractivity contribution in [3.8, 4) is 5.75 Å². The summed E-state index contributed by atoms with van der Waals surface area (Å²) in [7, 11) is 0. The summed E-state index contributed by atoms with van der Waals surface area (Å²) in [5.74, 6) is 0.426. The van der Waals surface area contributed by atoms with Crippen LogP contribution in [0.1, 0.15) is 30.5 Å². The van der Waals surface area contributed by atoms with Gasteiger partial charge in [-0.1, -0.05) is 49.4 Å². The lowest BCUT2D eigenvalue weighted by Crippen LogP contribution is -2.00. The van der Waals surface area contributed by atoms with Gasteiger partial charge in [0.15, 0.2) is 0 Å². The molecule has 0 unspecified atom stereocenters. The van der Waals surface area contributed by atoms with Gasteiger partial charge in [0.1, 0.15) is 12.4 Å². The first-order valence-electron chi connectivity index (χ1n) is 7.87. The SMILES string of the molecule is CCOC(=O)/C=C/c1ccc(CC)cc1OCc1ccccc1. The number of carbonyl (C=O) groups excluding carboxylic acids is 1. The summed E-state index contributed by atoms with van der Waals surface area (Å²) >= 11 is 0. The van der Waals surface area contributed by atoms with E-state index in [1.165, 1.54) is 11.6 Å². The Morgan fingerprint density at radius 2 is 1.83 bits per heavy atom. The molecule has 0 amide bonds. The average Bonchev–Trinajstić information content (AvgIpc) is 2.59. The fraction of sp³-hybridized carbons (Fsp3) is 0.250. The molecule has 0 saturated heterocycles. The van der Waals surface area contributed by atoms with E-state index in [0.717, 1.165) is 23.3 Å². The first-order chi connectivity index (χ1) is 11.2. The number of hydrogen-bond acceptors (Lipinski definition) is 3. The maximum absolute atomic E-state index is 11.5. The molecule has 0 spiro atoms. The standard InChI is InChI=1S/C20H22O3/c1-3-16-10-11-18(12-13-20(21)22-4-2)19(14-16)23-15-17-8-6-5-7-9-17/h5-14H,3-4,15H2,1-2H3/b13-12+. The molecule has 2 aromatic carbocycles. The molecule has 0 fully saturated rings. The van der Waals surface area contributed by atoms with Crippen molar-refractivity contribution in [3.63, 3.8) is 0 Å². The van der Waals surface area contributed by atoms with Gasteiger partial charge >= 0.3 is 5.97 Å². The van der Waals surface area contributed by atoms with Crippen molar-refractivity contribution in [3.05, 3.63) is 71.3 Å². The topological polar surface area (TPSA) is 35.5 Å². The van der Waals surface area contributed by atoms with E-state index in [9.17, 15) is 4.79 Å². The second kappa shape index (κ2) is 8.79. The molecule has 0 radical (unpaired) electrons. The predicted molar refractivity (Wildman–Crippen MR) is 92.3 cm³/mol. The summed E-state index contributed by atoms with van der Waals surface area (Å²) < 4.78 is 10.9. The Morgan fingerprint density at radius 3 is 2.52 bits per heavy atom. The molecule has 0 bridgehead atoms. The van der Waals surface area contributed by atoms with E-state index in [4.69, 9.17) is 9.47 Å². The Bertz CT molecular complexity index is 660. The van der Waals surface area contributed by atoms with Gasteiger partial charge in [-0.05, 0) is 36.6 Å². The summed E-state index contributed by atoms with van der Waals surface area (Å²) in [6.45, 7) is 4.75. The molecule has 0 N–H and O–H groups in total. The summed E-state index contributed by atoms with van der Waals surface area (Å²) in [4.78, 5) is 11.5. The first kappa shape index (κ1) is 16.8. The number of ether oxygens (including phenoxy) is 2. The molecule has 0 aliphatic rings. The van der Waals surface area contributed by atoms with Gasteiger partial charge < -0.3 is 9.47 Å². The minimum absolute atomic E-state index is 0.346. The summed E-state index contributed by atoms with van der Waals surface area (Å²) in [5, 5.41) is 0. The van der Waals surface area contributed by atoms with Crippen LogP contribution in [-0.4, -0.2) is 12.6 Å². The quantitative estimate of drug-likeness (QED) is 0.561.